The summed E-state index contributed by atoms with van der Waals surface area (Å²) in [5.74, 6) is 1.86. The highest BCUT2D eigenvalue weighted by molar-refractivity contribution is 9.10. The molecule has 1 nitrogen and oxygen atoms in total. The van der Waals surface area contributed by atoms with Crippen molar-refractivity contribution in [3.8, 4) is 0 Å². The summed E-state index contributed by atoms with van der Waals surface area (Å²) in [7, 11) is 0. The third kappa shape index (κ3) is 2.15. The Morgan fingerprint density at radius 2 is 2.36 bits per heavy atom. The Kier molecular flexibility index (Phi) is 3.52. The summed E-state index contributed by atoms with van der Waals surface area (Å²) >= 11 is 5.56. The predicted molar refractivity (Wildman–Crippen MR) is 65.7 cm³/mol. The molecule has 0 saturated carbocycles. The van der Waals surface area contributed by atoms with Gasteiger partial charge in [0.1, 0.15) is 0 Å². The van der Waals surface area contributed by atoms with Crippen LogP contribution in [0.1, 0.15) is 12.0 Å². The van der Waals surface area contributed by atoms with E-state index in [-0.39, 0.29) is 0 Å². The Labute approximate surface area is 97.6 Å². The molecule has 76 valence electrons. The summed E-state index contributed by atoms with van der Waals surface area (Å²) in [6, 6.07) is 6.46. The largest absolute Gasteiger partial charge is 0.330 e. The standard InChI is InChI=1S/C11H14BrNS/c12-10-3-1-2-9-6-8(7-13)4-5-14-11(9)10/h1-3,8H,4-7,13H2. The van der Waals surface area contributed by atoms with Gasteiger partial charge in [-0.15, -0.1) is 11.8 Å². The van der Waals surface area contributed by atoms with E-state index in [1.165, 1.54) is 27.1 Å². The Hall–Kier alpha value is 0.0100. The molecule has 1 aliphatic rings. The molecule has 0 saturated heterocycles. The van der Waals surface area contributed by atoms with Crippen molar-refractivity contribution >= 4 is 27.7 Å². The molecule has 2 N–H and O–H groups in total. The van der Waals surface area contributed by atoms with Crippen molar-refractivity contribution in [3.63, 3.8) is 0 Å². The van der Waals surface area contributed by atoms with Gasteiger partial charge in [0.15, 0.2) is 0 Å². The molecular weight excluding hydrogens is 258 g/mol. The minimum atomic E-state index is 0.665. The van der Waals surface area contributed by atoms with Crippen molar-refractivity contribution in [1.82, 2.24) is 0 Å². The lowest BCUT2D eigenvalue weighted by molar-refractivity contribution is 0.524. The Morgan fingerprint density at radius 1 is 1.50 bits per heavy atom. The first-order chi connectivity index (χ1) is 6.81. The number of hydrogen-bond donors (Lipinski definition) is 1. The molecular formula is C11H14BrNS. The van der Waals surface area contributed by atoms with E-state index >= 15 is 0 Å². The summed E-state index contributed by atoms with van der Waals surface area (Å²) in [5, 5.41) is 0. The van der Waals surface area contributed by atoms with E-state index in [4.69, 9.17) is 5.73 Å². The van der Waals surface area contributed by atoms with Gasteiger partial charge in [0, 0.05) is 9.37 Å². The van der Waals surface area contributed by atoms with Gasteiger partial charge < -0.3 is 5.73 Å². The van der Waals surface area contributed by atoms with Crippen LogP contribution in [0.3, 0.4) is 0 Å². The molecule has 0 aliphatic carbocycles. The van der Waals surface area contributed by atoms with Gasteiger partial charge in [0.25, 0.3) is 0 Å². The van der Waals surface area contributed by atoms with Crippen molar-refractivity contribution in [2.24, 2.45) is 11.7 Å². The van der Waals surface area contributed by atoms with Gasteiger partial charge in [-0.1, -0.05) is 12.1 Å². The van der Waals surface area contributed by atoms with E-state index < -0.39 is 0 Å². The Morgan fingerprint density at radius 3 is 3.14 bits per heavy atom. The van der Waals surface area contributed by atoms with E-state index in [0.717, 1.165) is 13.0 Å². The summed E-state index contributed by atoms with van der Waals surface area (Å²) in [5.41, 5.74) is 7.20. The topological polar surface area (TPSA) is 26.0 Å². The van der Waals surface area contributed by atoms with Crippen LogP contribution in [-0.2, 0) is 6.42 Å². The number of thioether (sulfide) groups is 1. The van der Waals surface area contributed by atoms with Crippen LogP contribution >= 0.6 is 27.7 Å². The molecule has 1 aromatic carbocycles. The van der Waals surface area contributed by atoms with Crippen LogP contribution in [0.15, 0.2) is 27.6 Å². The monoisotopic (exact) mass is 271 g/mol. The van der Waals surface area contributed by atoms with Crippen molar-refractivity contribution < 1.29 is 0 Å². The lowest BCUT2D eigenvalue weighted by Gasteiger charge is -2.11. The molecule has 14 heavy (non-hydrogen) atoms. The molecule has 1 unspecified atom stereocenters. The van der Waals surface area contributed by atoms with Crippen molar-refractivity contribution in [2.45, 2.75) is 17.7 Å². The van der Waals surface area contributed by atoms with Crippen molar-refractivity contribution in [1.29, 1.82) is 0 Å². The Bertz CT molecular complexity index is 327. The van der Waals surface area contributed by atoms with Gasteiger partial charge in [0.2, 0.25) is 0 Å². The number of fused-ring (bicyclic) bond motifs is 1. The molecule has 1 atom stereocenters. The predicted octanol–water partition coefficient (Wildman–Crippen LogP) is 3.06. The number of hydrogen-bond acceptors (Lipinski definition) is 2. The molecule has 1 aromatic rings. The van der Waals surface area contributed by atoms with Gasteiger partial charge in [-0.3, -0.25) is 0 Å². The molecule has 1 aliphatic heterocycles. The quantitative estimate of drug-likeness (QED) is 0.850. The van der Waals surface area contributed by atoms with E-state index in [1.807, 2.05) is 11.8 Å². The van der Waals surface area contributed by atoms with Crippen LogP contribution < -0.4 is 5.73 Å². The summed E-state index contributed by atoms with van der Waals surface area (Å²) in [6.07, 6.45) is 2.38. The zero-order valence-electron chi connectivity index (χ0n) is 8.00. The minimum Gasteiger partial charge on any atom is -0.330 e. The van der Waals surface area contributed by atoms with Crippen LogP contribution in [0.2, 0.25) is 0 Å². The average Bonchev–Trinajstić information content (AvgIpc) is 2.40. The molecule has 0 radical (unpaired) electrons. The fourth-order valence-electron chi connectivity index (χ4n) is 1.82. The van der Waals surface area contributed by atoms with Gasteiger partial charge in [-0.05, 0) is 58.6 Å². The fourth-order valence-corrected chi connectivity index (χ4v) is 3.77. The van der Waals surface area contributed by atoms with Crippen LogP contribution in [0.5, 0.6) is 0 Å². The SMILES string of the molecule is NCC1CCSc2c(Br)cccc2C1. The number of halogens is 1. The summed E-state index contributed by atoms with van der Waals surface area (Å²) in [6.45, 7) is 0.812. The summed E-state index contributed by atoms with van der Waals surface area (Å²) in [4.78, 5) is 1.42. The minimum absolute atomic E-state index is 0.665. The highest BCUT2D eigenvalue weighted by atomic mass is 79.9. The zero-order valence-corrected chi connectivity index (χ0v) is 10.4. The third-order valence-corrected chi connectivity index (χ3v) is 4.80. The summed E-state index contributed by atoms with van der Waals surface area (Å²) < 4.78 is 1.23. The molecule has 2 rings (SSSR count). The van der Waals surface area contributed by atoms with Crippen LogP contribution in [0.25, 0.3) is 0 Å². The zero-order chi connectivity index (χ0) is 9.97. The molecule has 1 heterocycles. The van der Waals surface area contributed by atoms with Gasteiger partial charge in [-0.25, -0.2) is 0 Å². The maximum Gasteiger partial charge on any atom is 0.0314 e. The fraction of sp³-hybridized carbons (Fsp3) is 0.455. The maximum atomic E-state index is 5.75. The van der Waals surface area contributed by atoms with Crippen LogP contribution in [-0.4, -0.2) is 12.3 Å². The first-order valence-electron chi connectivity index (χ1n) is 4.91. The maximum absolute atomic E-state index is 5.75. The molecule has 3 heteroatoms. The Balaban J connectivity index is 2.32. The number of nitrogens with two attached hydrogens (primary N) is 1. The highest BCUT2D eigenvalue weighted by Crippen LogP contribution is 2.36. The highest BCUT2D eigenvalue weighted by Gasteiger charge is 2.17. The lowest BCUT2D eigenvalue weighted by atomic mass is 9.97. The average molecular weight is 272 g/mol. The van der Waals surface area contributed by atoms with E-state index in [9.17, 15) is 0 Å². The van der Waals surface area contributed by atoms with Crippen LogP contribution in [0, 0.1) is 5.92 Å². The first-order valence-corrected chi connectivity index (χ1v) is 6.69. The van der Waals surface area contributed by atoms with E-state index in [0.29, 0.717) is 5.92 Å². The number of benzene rings is 1. The second-order valence-corrected chi connectivity index (χ2v) is 5.63. The number of rotatable bonds is 1. The van der Waals surface area contributed by atoms with Gasteiger partial charge in [0.05, 0.1) is 0 Å². The molecule has 0 aromatic heterocycles. The van der Waals surface area contributed by atoms with E-state index in [1.54, 1.807) is 0 Å². The first kappa shape index (κ1) is 10.5. The van der Waals surface area contributed by atoms with Crippen molar-refractivity contribution in [2.75, 3.05) is 12.3 Å². The second-order valence-electron chi connectivity index (χ2n) is 3.67. The second kappa shape index (κ2) is 4.69. The normalized spacial score (nSPS) is 21.4. The molecule has 0 fully saturated rings. The lowest BCUT2D eigenvalue weighted by Crippen LogP contribution is -2.16. The molecule has 0 bridgehead atoms. The van der Waals surface area contributed by atoms with Gasteiger partial charge >= 0.3 is 0 Å². The van der Waals surface area contributed by atoms with Crippen molar-refractivity contribution in [3.05, 3.63) is 28.2 Å². The molecule has 0 spiro atoms. The van der Waals surface area contributed by atoms with E-state index in [2.05, 4.69) is 34.1 Å². The smallest absolute Gasteiger partial charge is 0.0314 e. The third-order valence-electron chi connectivity index (χ3n) is 2.66. The molecule has 0 amide bonds. The van der Waals surface area contributed by atoms with Crippen LogP contribution in [0.4, 0.5) is 0 Å². The van der Waals surface area contributed by atoms with Gasteiger partial charge in [-0.2, -0.15) is 0 Å².